The minimum absolute atomic E-state index is 0.0420. The van der Waals surface area contributed by atoms with Gasteiger partial charge in [-0.3, -0.25) is 9.59 Å². The normalized spacial score (nSPS) is 24.9. The third-order valence-electron chi connectivity index (χ3n) is 4.35. The van der Waals surface area contributed by atoms with E-state index < -0.39 is 15.6 Å². The summed E-state index contributed by atoms with van der Waals surface area (Å²) in [7, 11) is -3.33. The number of sulfonamides is 1. The van der Waals surface area contributed by atoms with Crippen LogP contribution < -0.4 is 10.3 Å². The second kappa shape index (κ2) is 5.92. The zero-order valence-electron chi connectivity index (χ0n) is 12.6. The van der Waals surface area contributed by atoms with Crippen molar-refractivity contribution in [2.24, 2.45) is 11.8 Å². The van der Waals surface area contributed by atoms with Crippen LogP contribution in [0.4, 0.5) is 0 Å². The fraction of sp³-hybridized carbons (Fsp3) is 0.571. The maximum atomic E-state index is 12.6. The van der Waals surface area contributed by atoms with Crippen LogP contribution in [0.15, 0.2) is 17.1 Å². The topological polar surface area (TPSA) is 99.3 Å². The Morgan fingerprint density at radius 1 is 1.39 bits per heavy atom. The molecule has 126 valence electrons. The average Bonchev–Trinajstić information content (AvgIpc) is 3.21. The van der Waals surface area contributed by atoms with Crippen LogP contribution in [0, 0.1) is 11.8 Å². The van der Waals surface area contributed by atoms with Gasteiger partial charge in [0.2, 0.25) is 10.0 Å². The number of hydrogen-bond donors (Lipinski definition) is 2. The van der Waals surface area contributed by atoms with E-state index in [0.29, 0.717) is 24.6 Å². The van der Waals surface area contributed by atoms with Crippen LogP contribution in [0.3, 0.4) is 0 Å². The molecule has 1 aliphatic carbocycles. The number of H-pyrrole nitrogens is 1. The van der Waals surface area contributed by atoms with Crippen LogP contribution in [-0.4, -0.2) is 49.6 Å². The molecule has 1 amide bonds. The minimum atomic E-state index is -3.33. The summed E-state index contributed by atoms with van der Waals surface area (Å²) in [5.74, 6) is 0.338. The first-order chi connectivity index (χ1) is 10.7. The summed E-state index contributed by atoms with van der Waals surface area (Å²) in [5.41, 5.74) is -0.152. The van der Waals surface area contributed by atoms with Gasteiger partial charge in [-0.25, -0.2) is 13.1 Å². The van der Waals surface area contributed by atoms with E-state index in [9.17, 15) is 18.0 Å². The van der Waals surface area contributed by atoms with Crippen molar-refractivity contribution in [2.75, 3.05) is 19.3 Å². The Morgan fingerprint density at radius 2 is 2.09 bits per heavy atom. The molecule has 1 aromatic heterocycles. The highest BCUT2D eigenvalue weighted by Crippen LogP contribution is 2.41. The maximum absolute atomic E-state index is 12.6. The molecule has 2 atom stereocenters. The van der Waals surface area contributed by atoms with Crippen LogP contribution in [0.1, 0.15) is 23.2 Å². The quantitative estimate of drug-likeness (QED) is 0.814. The second-order valence-corrected chi connectivity index (χ2v) is 8.46. The number of nitrogens with zero attached hydrogens (tertiary/aromatic N) is 1. The molecule has 1 saturated carbocycles. The number of carbonyl (C=O) groups excluding carboxylic acids is 1. The minimum Gasteiger partial charge on any atom is -0.337 e. The van der Waals surface area contributed by atoms with E-state index >= 15 is 0 Å². The lowest BCUT2D eigenvalue weighted by Crippen LogP contribution is -2.41. The number of amides is 1. The average molecular weight is 360 g/mol. The van der Waals surface area contributed by atoms with Gasteiger partial charge in [0.1, 0.15) is 5.02 Å². The first-order valence-electron chi connectivity index (χ1n) is 7.39. The standard InChI is InChI=1S/C14H18ClN3O4S/c1-23(21,22)17-12-7-18(6-10(12)8-2-3-8)14(20)9-4-11(15)13(19)16-5-9/h4-5,8,10,12,17H,2-3,6-7H2,1H3,(H,16,19)/t10-,12+/m0/s1. The van der Waals surface area contributed by atoms with Crippen molar-refractivity contribution in [3.05, 3.63) is 33.2 Å². The summed E-state index contributed by atoms with van der Waals surface area (Å²) in [6, 6.07) is 1.08. The number of aromatic nitrogens is 1. The number of pyridine rings is 1. The van der Waals surface area contributed by atoms with Crippen LogP contribution >= 0.6 is 11.6 Å². The Hall–Kier alpha value is -1.38. The smallest absolute Gasteiger partial charge is 0.266 e. The van der Waals surface area contributed by atoms with Crippen molar-refractivity contribution < 1.29 is 13.2 Å². The van der Waals surface area contributed by atoms with Gasteiger partial charge >= 0.3 is 0 Å². The van der Waals surface area contributed by atoms with Crippen LogP contribution in [0.2, 0.25) is 5.02 Å². The van der Waals surface area contributed by atoms with Crippen molar-refractivity contribution in [1.29, 1.82) is 0 Å². The Balaban J connectivity index is 1.79. The van der Waals surface area contributed by atoms with Gasteiger partial charge in [-0.15, -0.1) is 0 Å². The fourth-order valence-corrected chi connectivity index (χ4v) is 4.13. The molecule has 0 unspecified atom stereocenters. The summed E-state index contributed by atoms with van der Waals surface area (Å²) in [4.78, 5) is 27.9. The third-order valence-corrected chi connectivity index (χ3v) is 5.36. The van der Waals surface area contributed by atoms with E-state index in [0.717, 1.165) is 19.1 Å². The predicted molar refractivity (Wildman–Crippen MR) is 86.0 cm³/mol. The first-order valence-corrected chi connectivity index (χ1v) is 9.66. The molecule has 1 saturated heterocycles. The van der Waals surface area contributed by atoms with Gasteiger partial charge in [-0.05, 0) is 30.7 Å². The largest absolute Gasteiger partial charge is 0.337 e. The Kier molecular flexibility index (Phi) is 4.24. The predicted octanol–water partition coefficient (Wildman–Crippen LogP) is 0.428. The first kappa shape index (κ1) is 16.5. The molecule has 0 spiro atoms. The molecule has 1 aromatic rings. The summed E-state index contributed by atoms with van der Waals surface area (Å²) < 4.78 is 25.7. The molecule has 0 aromatic carbocycles. The Labute approximate surface area is 139 Å². The zero-order chi connectivity index (χ0) is 16.8. The Bertz CT molecular complexity index is 787. The van der Waals surface area contributed by atoms with Gasteiger partial charge in [0.15, 0.2) is 0 Å². The molecule has 1 aliphatic heterocycles. The van der Waals surface area contributed by atoms with Gasteiger partial charge < -0.3 is 9.88 Å². The molecule has 0 bridgehead atoms. The Morgan fingerprint density at radius 3 is 2.65 bits per heavy atom. The third kappa shape index (κ3) is 3.76. The van der Waals surface area contributed by atoms with Gasteiger partial charge in [-0.2, -0.15) is 0 Å². The molecule has 0 radical (unpaired) electrons. The van der Waals surface area contributed by atoms with Gasteiger partial charge in [0.05, 0.1) is 11.8 Å². The van der Waals surface area contributed by atoms with E-state index in [1.807, 2.05) is 0 Å². The lowest BCUT2D eigenvalue weighted by Gasteiger charge is -2.17. The van der Waals surface area contributed by atoms with Gasteiger partial charge in [0.25, 0.3) is 11.5 Å². The zero-order valence-corrected chi connectivity index (χ0v) is 14.2. The van der Waals surface area contributed by atoms with E-state index in [1.54, 1.807) is 4.90 Å². The van der Waals surface area contributed by atoms with Crippen LogP contribution in [0.25, 0.3) is 0 Å². The van der Waals surface area contributed by atoms with Gasteiger partial charge in [0, 0.05) is 25.3 Å². The highest BCUT2D eigenvalue weighted by Gasteiger charge is 2.44. The van der Waals surface area contributed by atoms with E-state index in [2.05, 4.69) is 9.71 Å². The fourth-order valence-electron chi connectivity index (χ4n) is 3.16. The number of likely N-dealkylation sites (tertiary alicyclic amines) is 1. The molecule has 2 N–H and O–H groups in total. The highest BCUT2D eigenvalue weighted by atomic mass is 35.5. The van der Waals surface area contributed by atoms with Crippen molar-refractivity contribution in [2.45, 2.75) is 18.9 Å². The molecule has 3 rings (SSSR count). The number of rotatable bonds is 4. The van der Waals surface area contributed by atoms with Crippen molar-refractivity contribution in [1.82, 2.24) is 14.6 Å². The number of halogens is 1. The summed E-state index contributed by atoms with van der Waals surface area (Å²) in [5, 5.41) is -0.0420. The van der Waals surface area contributed by atoms with Crippen LogP contribution in [0.5, 0.6) is 0 Å². The molecule has 2 aliphatic rings. The molecule has 23 heavy (non-hydrogen) atoms. The summed E-state index contributed by atoms with van der Waals surface area (Å²) in [6.45, 7) is 0.831. The lowest BCUT2D eigenvalue weighted by atomic mass is 9.99. The molecular weight excluding hydrogens is 342 g/mol. The second-order valence-electron chi connectivity index (χ2n) is 6.27. The van der Waals surface area contributed by atoms with Crippen molar-refractivity contribution in [3.8, 4) is 0 Å². The number of nitrogens with one attached hydrogen (secondary N) is 2. The summed E-state index contributed by atoms with van der Waals surface area (Å²) >= 11 is 5.76. The number of aromatic amines is 1. The lowest BCUT2D eigenvalue weighted by molar-refractivity contribution is 0.0784. The van der Waals surface area contributed by atoms with E-state index in [1.165, 1.54) is 12.3 Å². The summed E-state index contributed by atoms with van der Waals surface area (Å²) in [6.07, 6.45) is 4.60. The molecule has 7 nitrogen and oxygen atoms in total. The molecule has 9 heteroatoms. The number of hydrogen-bond acceptors (Lipinski definition) is 4. The number of carbonyl (C=O) groups is 1. The maximum Gasteiger partial charge on any atom is 0.266 e. The molecule has 2 fully saturated rings. The van der Waals surface area contributed by atoms with E-state index in [-0.39, 0.29) is 22.9 Å². The highest BCUT2D eigenvalue weighted by molar-refractivity contribution is 7.88. The van der Waals surface area contributed by atoms with Gasteiger partial charge in [-0.1, -0.05) is 11.6 Å². The molecular formula is C14H18ClN3O4S. The SMILES string of the molecule is CS(=O)(=O)N[C@@H]1CN(C(=O)c2c[nH]c(=O)c(Cl)c2)C[C@H]1C1CC1. The van der Waals surface area contributed by atoms with E-state index in [4.69, 9.17) is 11.6 Å². The monoisotopic (exact) mass is 359 g/mol. The van der Waals surface area contributed by atoms with Crippen molar-refractivity contribution in [3.63, 3.8) is 0 Å². The van der Waals surface area contributed by atoms with Crippen LogP contribution in [-0.2, 0) is 10.0 Å². The van der Waals surface area contributed by atoms with Crippen molar-refractivity contribution >= 4 is 27.5 Å². The molecule has 2 heterocycles.